The van der Waals surface area contributed by atoms with Gasteiger partial charge in [0.25, 0.3) is 0 Å². The molecule has 36 heavy (non-hydrogen) atoms. The van der Waals surface area contributed by atoms with E-state index in [2.05, 4.69) is 74.5 Å². The predicted molar refractivity (Wildman–Crippen MR) is 141 cm³/mol. The second kappa shape index (κ2) is 12.3. The van der Waals surface area contributed by atoms with Gasteiger partial charge in [0, 0.05) is 19.2 Å². The molecule has 0 aliphatic heterocycles. The van der Waals surface area contributed by atoms with E-state index >= 15 is 0 Å². The third-order valence-electron chi connectivity index (χ3n) is 5.37. The Labute approximate surface area is 214 Å². The zero-order valence-corrected chi connectivity index (χ0v) is 21.4. The van der Waals surface area contributed by atoms with Gasteiger partial charge in [0.2, 0.25) is 0 Å². The van der Waals surface area contributed by atoms with Crippen LogP contribution in [0.5, 0.6) is 17.2 Å². The van der Waals surface area contributed by atoms with Crippen LogP contribution in [0.3, 0.4) is 0 Å². The van der Waals surface area contributed by atoms with Crippen LogP contribution in [0.2, 0.25) is 0 Å². The fourth-order valence-electron chi connectivity index (χ4n) is 3.74. The van der Waals surface area contributed by atoms with Crippen LogP contribution in [0.1, 0.15) is 11.1 Å². The van der Waals surface area contributed by atoms with Gasteiger partial charge < -0.3 is 18.9 Å². The first kappa shape index (κ1) is 25.4. The summed E-state index contributed by atoms with van der Waals surface area (Å²) in [5.41, 5.74) is 2.13. The Balaban J connectivity index is 1.52. The van der Waals surface area contributed by atoms with E-state index in [4.69, 9.17) is 18.9 Å². The summed E-state index contributed by atoms with van der Waals surface area (Å²) in [6, 6.07) is 32.8. The van der Waals surface area contributed by atoms with Crippen LogP contribution in [-0.4, -0.2) is 26.5 Å². The SMILES string of the molecule is COCOC(=O)COc1ccc(Oc2c(C)cc([S+](c3ccccc3)c3ccccc3)cc2C)cc1. The van der Waals surface area contributed by atoms with Gasteiger partial charge in [0.05, 0.1) is 10.9 Å². The molecule has 0 atom stereocenters. The largest absolute Gasteiger partial charge is 0.482 e. The first-order chi connectivity index (χ1) is 17.5. The molecule has 0 N–H and O–H groups in total. The van der Waals surface area contributed by atoms with Crippen molar-refractivity contribution in [2.45, 2.75) is 28.5 Å². The van der Waals surface area contributed by atoms with Crippen molar-refractivity contribution in [1.29, 1.82) is 0 Å². The monoisotopic (exact) mass is 501 g/mol. The van der Waals surface area contributed by atoms with Gasteiger partial charge in [-0.25, -0.2) is 4.79 Å². The van der Waals surface area contributed by atoms with E-state index in [1.165, 1.54) is 21.8 Å². The number of carbonyl (C=O) groups excluding carboxylic acids is 1. The number of hydrogen-bond donors (Lipinski definition) is 0. The second-order valence-corrected chi connectivity index (χ2v) is 10.1. The van der Waals surface area contributed by atoms with E-state index < -0.39 is 5.97 Å². The smallest absolute Gasteiger partial charge is 0.346 e. The average Bonchev–Trinajstić information content (AvgIpc) is 2.90. The quantitative estimate of drug-likeness (QED) is 0.137. The van der Waals surface area contributed by atoms with Crippen LogP contribution in [0.4, 0.5) is 0 Å². The second-order valence-electron chi connectivity index (χ2n) is 8.10. The Morgan fingerprint density at radius 2 is 1.25 bits per heavy atom. The highest BCUT2D eigenvalue weighted by atomic mass is 32.2. The summed E-state index contributed by atoms with van der Waals surface area (Å²) in [6.45, 7) is 3.87. The molecule has 0 saturated heterocycles. The molecule has 4 aromatic carbocycles. The number of rotatable bonds is 10. The Morgan fingerprint density at radius 3 is 1.78 bits per heavy atom. The lowest BCUT2D eigenvalue weighted by atomic mass is 10.1. The molecule has 0 unspecified atom stereocenters. The van der Waals surface area contributed by atoms with Gasteiger partial charge in [0.15, 0.2) is 28.1 Å². The molecule has 0 aromatic heterocycles. The first-order valence-electron chi connectivity index (χ1n) is 11.6. The maximum absolute atomic E-state index is 11.6. The van der Waals surface area contributed by atoms with E-state index in [0.29, 0.717) is 11.5 Å². The molecule has 0 aliphatic rings. The van der Waals surface area contributed by atoms with E-state index in [9.17, 15) is 4.79 Å². The van der Waals surface area contributed by atoms with E-state index in [0.717, 1.165) is 16.9 Å². The number of aryl methyl sites for hydroxylation is 2. The van der Waals surface area contributed by atoms with Gasteiger partial charge in [-0.05, 0) is 73.5 Å². The summed E-state index contributed by atoms with van der Waals surface area (Å²) < 4.78 is 21.2. The number of carbonyl (C=O) groups is 1. The van der Waals surface area contributed by atoms with Crippen LogP contribution in [0.25, 0.3) is 0 Å². The van der Waals surface area contributed by atoms with Crippen molar-refractivity contribution in [3.05, 3.63) is 108 Å². The highest BCUT2D eigenvalue weighted by Crippen LogP contribution is 2.37. The van der Waals surface area contributed by atoms with Gasteiger partial charge in [-0.3, -0.25) is 0 Å². The molecule has 0 saturated carbocycles. The topological polar surface area (TPSA) is 54.0 Å². The molecule has 0 amide bonds. The van der Waals surface area contributed by atoms with Crippen molar-refractivity contribution in [3.8, 4) is 17.2 Å². The minimum absolute atomic E-state index is 0.0929. The van der Waals surface area contributed by atoms with Crippen LogP contribution >= 0.6 is 0 Å². The molecule has 0 radical (unpaired) electrons. The summed E-state index contributed by atoms with van der Waals surface area (Å²) in [6.07, 6.45) is 0. The molecule has 0 aliphatic carbocycles. The highest BCUT2D eigenvalue weighted by Gasteiger charge is 2.29. The molecule has 184 valence electrons. The van der Waals surface area contributed by atoms with Crippen molar-refractivity contribution in [2.75, 3.05) is 20.5 Å². The Bertz CT molecular complexity index is 1210. The summed E-state index contributed by atoms with van der Waals surface area (Å²) in [7, 11) is 1.23. The molecular weight excluding hydrogens is 472 g/mol. The summed E-state index contributed by atoms with van der Waals surface area (Å²) in [5.74, 6) is 1.58. The lowest BCUT2D eigenvalue weighted by molar-refractivity contribution is -0.156. The molecule has 0 spiro atoms. The lowest BCUT2D eigenvalue weighted by Crippen LogP contribution is -2.15. The maximum Gasteiger partial charge on any atom is 0.346 e. The molecule has 4 rings (SSSR count). The van der Waals surface area contributed by atoms with Crippen molar-refractivity contribution in [1.82, 2.24) is 0 Å². The Morgan fingerprint density at radius 1 is 0.722 bits per heavy atom. The van der Waals surface area contributed by atoms with E-state index in [-0.39, 0.29) is 24.3 Å². The fourth-order valence-corrected chi connectivity index (χ4v) is 6.01. The Kier molecular flexibility index (Phi) is 8.66. The van der Waals surface area contributed by atoms with Gasteiger partial charge in [0.1, 0.15) is 17.2 Å². The van der Waals surface area contributed by atoms with Crippen molar-refractivity contribution < 1.29 is 23.7 Å². The van der Waals surface area contributed by atoms with Gasteiger partial charge in [-0.2, -0.15) is 0 Å². The molecular formula is C30H29O5S+. The lowest BCUT2D eigenvalue weighted by Gasteiger charge is -2.15. The molecule has 0 bridgehead atoms. The molecule has 0 heterocycles. The normalized spacial score (nSPS) is 10.8. The van der Waals surface area contributed by atoms with E-state index in [1.807, 2.05) is 24.3 Å². The van der Waals surface area contributed by atoms with Crippen LogP contribution in [0.15, 0.2) is 112 Å². The van der Waals surface area contributed by atoms with E-state index in [1.54, 1.807) is 12.1 Å². The van der Waals surface area contributed by atoms with Gasteiger partial charge >= 0.3 is 5.97 Å². The van der Waals surface area contributed by atoms with Crippen molar-refractivity contribution in [3.63, 3.8) is 0 Å². The number of esters is 1. The third-order valence-corrected chi connectivity index (χ3v) is 7.56. The molecule has 4 aromatic rings. The fraction of sp³-hybridized carbons (Fsp3) is 0.167. The number of ether oxygens (including phenoxy) is 4. The minimum atomic E-state index is -0.492. The van der Waals surface area contributed by atoms with Crippen molar-refractivity contribution >= 4 is 16.9 Å². The molecule has 6 heteroatoms. The molecule has 5 nitrogen and oxygen atoms in total. The number of hydrogen-bond acceptors (Lipinski definition) is 5. The van der Waals surface area contributed by atoms with Gasteiger partial charge in [-0.15, -0.1) is 0 Å². The van der Waals surface area contributed by atoms with Crippen LogP contribution < -0.4 is 9.47 Å². The summed E-state index contributed by atoms with van der Waals surface area (Å²) in [5, 5.41) is 0. The van der Waals surface area contributed by atoms with Gasteiger partial charge in [-0.1, -0.05) is 36.4 Å². The highest BCUT2D eigenvalue weighted by molar-refractivity contribution is 7.97. The summed E-state index contributed by atoms with van der Waals surface area (Å²) in [4.78, 5) is 15.4. The van der Waals surface area contributed by atoms with Crippen LogP contribution in [-0.2, 0) is 25.2 Å². The van der Waals surface area contributed by atoms with Crippen molar-refractivity contribution in [2.24, 2.45) is 0 Å². The average molecular weight is 502 g/mol. The first-order valence-corrected chi connectivity index (χ1v) is 12.8. The number of methoxy groups -OCH3 is 1. The zero-order valence-electron chi connectivity index (χ0n) is 20.6. The Hall–Kier alpha value is -3.74. The minimum Gasteiger partial charge on any atom is -0.482 e. The third kappa shape index (κ3) is 6.47. The zero-order chi connectivity index (χ0) is 25.3. The summed E-state index contributed by atoms with van der Waals surface area (Å²) >= 11 is 0. The maximum atomic E-state index is 11.6. The van der Waals surface area contributed by atoms with Crippen LogP contribution in [0, 0.1) is 13.8 Å². The standard InChI is InChI=1S/C30H29O5S/c1-22-18-28(36(26-10-6-4-7-11-26)27-12-8-5-9-13-27)19-23(2)30(22)35-25-16-14-24(15-17-25)33-20-29(31)34-21-32-3/h4-19H,20-21H2,1-3H3/q+1. The molecule has 0 fully saturated rings. The number of benzene rings is 4. The predicted octanol–water partition coefficient (Wildman–Crippen LogP) is 6.72.